The highest BCUT2D eigenvalue weighted by Crippen LogP contribution is 2.31. The second-order valence-corrected chi connectivity index (χ2v) is 10.4. The number of benzene rings is 2. The molecule has 4 heterocycles. The predicted molar refractivity (Wildman–Crippen MR) is 145 cm³/mol. The Morgan fingerprint density at radius 2 is 1.88 bits per heavy atom. The maximum Gasteiger partial charge on any atom is 0.279 e. The average molecular weight is 560 g/mol. The Labute approximate surface area is 235 Å². The van der Waals surface area contributed by atoms with Crippen LogP contribution in [0.3, 0.4) is 0 Å². The van der Waals surface area contributed by atoms with Gasteiger partial charge in [-0.05, 0) is 48.6 Å². The van der Waals surface area contributed by atoms with E-state index in [0.29, 0.717) is 36.3 Å². The van der Waals surface area contributed by atoms with E-state index < -0.39 is 29.5 Å². The summed E-state index contributed by atoms with van der Waals surface area (Å²) in [5, 5.41) is 5.80. The van der Waals surface area contributed by atoms with E-state index in [9.17, 15) is 19.2 Å². The largest absolute Gasteiger partial charge is 0.493 e. The van der Waals surface area contributed by atoms with Crippen molar-refractivity contribution in [3.8, 4) is 17.2 Å². The van der Waals surface area contributed by atoms with Crippen molar-refractivity contribution >= 4 is 17.7 Å². The van der Waals surface area contributed by atoms with Crippen molar-refractivity contribution in [1.82, 2.24) is 25.5 Å². The number of carbonyl (C=O) groups is 3. The van der Waals surface area contributed by atoms with Crippen molar-refractivity contribution in [3.05, 3.63) is 82.0 Å². The Morgan fingerprint density at radius 1 is 1.05 bits per heavy atom. The third-order valence-electron chi connectivity index (χ3n) is 7.18. The second kappa shape index (κ2) is 11.3. The van der Waals surface area contributed by atoms with Gasteiger partial charge in [0.05, 0.1) is 19.2 Å². The first-order valence-corrected chi connectivity index (χ1v) is 13.5. The van der Waals surface area contributed by atoms with E-state index in [-0.39, 0.29) is 36.9 Å². The number of aromatic amines is 1. The lowest BCUT2D eigenvalue weighted by Crippen LogP contribution is -2.45. The maximum atomic E-state index is 13.5. The van der Waals surface area contributed by atoms with Crippen LogP contribution in [0.1, 0.15) is 39.3 Å². The highest BCUT2D eigenvalue weighted by Gasteiger charge is 2.39. The Balaban J connectivity index is 1.30. The SMILES string of the molecule is O=C1COc2cc(OCC3CC3)cc(c2)C(=O)N[C@H]2CN(C(=O)c3ncc[nH]c3=O)C[C@@H]2Oc2ccc(cc2)CN1. The van der Waals surface area contributed by atoms with E-state index in [1.165, 1.54) is 17.3 Å². The van der Waals surface area contributed by atoms with Crippen LogP contribution in [0, 0.1) is 5.92 Å². The topological polar surface area (TPSA) is 152 Å². The van der Waals surface area contributed by atoms with Gasteiger partial charge in [0, 0.05) is 37.1 Å². The highest BCUT2D eigenvalue weighted by molar-refractivity contribution is 5.96. The number of likely N-dealkylation sites (tertiary alicyclic amines) is 1. The molecule has 3 aliphatic heterocycles. The van der Waals surface area contributed by atoms with Crippen molar-refractivity contribution in [2.24, 2.45) is 5.92 Å². The number of hydrogen-bond acceptors (Lipinski definition) is 8. The Morgan fingerprint density at radius 3 is 2.66 bits per heavy atom. The minimum atomic E-state index is -0.614. The van der Waals surface area contributed by atoms with Gasteiger partial charge in [0.15, 0.2) is 12.3 Å². The predicted octanol–water partition coefficient (Wildman–Crippen LogP) is 1.27. The summed E-state index contributed by atoms with van der Waals surface area (Å²) in [6, 6.07) is 11.4. The summed E-state index contributed by atoms with van der Waals surface area (Å²) in [6.07, 6.45) is 4.29. The minimum absolute atomic E-state index is 0.100. The zero-order chi connectivity index (χ0) is 28.3. The second-order valence-electron chi connectivity index (χ2n) is 10.4. The molecule has 212 valence electrons. The first-order chi connectivity index (χ1) is 19.9. The fraction of sp³-hybridized carbons (Fsp3) is 0.345. The molecule has 3 N–H and O–H groups in total. The van der Waals surface area contributed by atoms with E-state index in [1.54, 1.807) is 30.3 Å². The van der Waals surface area contributed by atoms with Crippen LogP contribution in [0.2, 0.25) is 0 Å². The highest BCUT2D eigenvalue weighted by atomic mass is 16.5. The first kappa shape index (κ1) is 26.4. The van der Waals surface area contributed by atoms with E-state index in [1.807, 2.05) is 12.1 Å². The summed E-state index contributed by atoms with van der Waals surface area (Å²) in [7, 11) is 0. The minimum Gasteiger partial charge on any atom is -0.493 e. The maximum absolute atomic E-state index is 13.5. The zero-order valence-corrected chi connectivity index (χ0v) is 22.1. The molecule has 12 heteroatoms. The average Bonchev–Trinajstić information content (AvgIpc) is 3.74. The zero-order valence-electron chi connectivity index (χ0n) is 22.1. The molecule has 4 aliphatic rings. The molecule has 0 spiro atoms. The number of aromatic nitrogens is 2. The van der Waals surface area contributed by atoms with Crippen LogP contribution in [-0.4, -0.2) is 71.0 Å². The summed E-state index contributed by atoms with van der Waals surface area (Å²) < 4.78 is 17.9. The smallest absolute Gasteiger partial charge is 0.279 e. The van der Waals surface area contributed by atoms with E-state index >= 15 is 0 Å². The van der Waals surface area contributed by atoms with Gasteiger partial charge in [-0.3, -0.25) is 19.2 Å². The fourth-order valence-corrected chi connectivity index (χ4v) is 4.73. The van der Waals surface area contributed by atoms with Crippen molar-refractivity contribution in [2.75, 3.05) is 26.3 Å². The Bertz CT molecular complexity index is 1520. The molecule has 3 aromatic rings. The molecule has 4 bridgehead atoms. The molecule has 12 nitrogen and oxygen atoms in total. The molecule has 1 saturated carbocycles. The lowest BCUT2D eigenvalue weighted by atomic mass is 10.1. The van der Waals surface area contributed by atoms with Crippen LogP contribution < -0.4 is 30.4 Å². The molecular weight excluding hydrogens is 530 g/mol. The van der Waals surface area contributed by atoms with Gasteiger partial charge in [0.25, 0.3) is 23.3 Å². The van der Waals surface area contributed by atoms with Gasteiger partial charge in [0.2, 0.25) is 0 Å². The van der Waals surface area contributed by atoms with Gasteiger partial charge < -0.3 is 34.7 Å². The summed E-state index contributed by atoms with van der Waals surface area (Å²) >= 11 is 0. The number of rotatable bonds is 4. The standard InChI is InChI=1S/C29H29N5O7/c35-25-16-40-22-10-19(9-21(11-22)39-15-18-1-2-18)27(36)33-23-13-34(29(38)26-28(37)31-8-7-30-26)14-24(23)41-20-5-3-17(4-6-20)12-32-25/h3-11,18,23-24H,1-2,12-16H2,(H,31,37)(H,32,35)(H,33,36)/t23-,24-/m0/s1. The van der Waals surface area contributed by atoms with Crippen LogP contribution in [0.5, 0.6) is 17.2 Å². The van der Waals surface area contributed by atoms with Gasteiger partial charge in [-0.2, -0.15) is 0 Å². The number of ether oxygens (including phenoxy) is 3. The monoisotopic (exact) mass is 559 g/mol. The summed E-state index contributed by atoms with van der Waals surface area (Å²) in [6.45, 7) is 0.817. The molecule has 2 aromatic carbocycles. The van der Waals surface area contributed by atoms with Crippen molar-refractivity contribution < 1.29 is 28.6 Å². The number of hydrogen-bond donors (Lipinski definition) is 3. The molecular formula is C29H29N5O7. The van der Waals surface area contributed by atoms with E-state index in [2.05, 4.69) is 20.6 Å². The Hall–Kier alpha value is -4.87. The van der Waals surface area contributed by atoms with E-state index in [0.717, 1.165) is 18.4 Å². The van der Waals surface area contributed by atoms with E-state index in [4.69, 9.17) is 14.2 Å². The quantitative estimate of drug-likeness (QED) is 0.432. The molecule has 0 radical (unpaired) electrons. The summed E-state index contributed by atoms with van der Waals surface area (Å²) in [5.41, 5.74) is 0.297. The molecule has 2 atom stereocenters. The number of carbonyl (C=O) groups excluding carboxylic acids is 3. The van der Waals surface area contributed by atoms with Crippen LogP contribution >= 0.6 is 0 Å². The number of H-pyrrole nitrogens is 1. The third-order valence-corrected chi connectivity index (χ3v) is 7.18. The molecule has 1 aliphatic carbocycles. The Kier molecular flexibility index (Phi) is 7.28. The van der Waals surface area contributed by atoms with Gasteiger partial charge in [-0.1, -0.05) is 12.1 Å². The number of fused-ring (bicyclic) bond motifs is 7. The lowest BCUT2D eigenvalue weighted by molar-refractivity contribution is -0.123. The summed E-state index contributed by atoms with van der Waals surface area (Å²) in [4.78, 5) is 59.2. The van der Waals surface area contributed by atoms with Crippen LogP contribution in [0.25, 0.3) is 0 Å². The summed E-state index contributed by atoms with van der Waals surface area (Å²) in [5.74, 6) is 0.501. The van der Waals surface area contributed by atoms with Gasteiger partial charge in [-0.25, -0.2) is 4.98 Å². The van der Waals surface area contributed by atoms with Gasteiger partial charge in [0.1, 0.15) is 23.4 Å². The molecule has 3 amide bonds. The number of nitrogens with zero attached hydrogens (tertiary/aromatic N) is 2. The normalized spacial score (nSPS) is 20.6. The molecule has 1 saturated heterocycles. The van der Waals surface area contributed by atoms with Gasteiger partial charge in [-0.15, -0.1) is 0 Å². The number of amides is 3. The number of nitrogens with one attached hydrogen (secondary N) is 3. The van der Waals surface area contributed by atoms with Crippen LogP contribution in [-0.2, 0) is 11.3 Å². The molecule has 2 fully saturated rings. The first-order valence-electron chi connectivity index (χ1n) is 13.5. The van der Waals surface area contributed by atoms with Crippen LogP contribution in [0.4, 0.5) is 0 Å². The molecule has 41 heavy (non-hydrogen) atoms. The lowest BCUT2D eigenvalue weighted by Gasteiger charge is -2.21. The van der Waals surface area contributed by atoms with Crippen molar-refractivity contribution in [1.29, 1.82) is 0 Å². The van der Waals surface area contributed by atoms with Crippen molar-refractivity contribution in [3.63, 3.8) is 0 Å². The molecule has 7 rings (SSSR count). The molecule has 1 aromatic heterocycles. The molecule has 0 unspecified atom stereocenters. The van der Waals surface area contributed by atoms with Gasteiger partial charge >= 0.3 is 0 Å². The van der Waals surface area contributed by atoms with Crippen molar-refractivity contribution in [2.45, 2.75) is 31.5 Å². The third kappa shape index (κ3) is 6.32. The fourth-order valence-electron chi connectivity index (χ4n) is 4.73. The van der Waals surface area contributed by atoms with Crippen LogP contribution in [0.15, 0.2) is 59.7 Å².